The molecular formula is C14H21FN2O. The average Bonchev–Trinajstić information content (AvgIpc) is 2.31. The summed E-state index contributed by atoms with van der Waals surface area (Å²) in [6, 6.07) is 4.68. The van der Waals surface area contributed by atoms with E-state index in [9.17, 15) is 9.18 Å². The summed E-state index contributed by atoms with van der Waals surface area (Å²) in [7, 11) is 0. The Kier molecular flexibility index (Phi) is 4.84. The van der Waals surface area contributed by atoms with Gasteiger partial charge in [0, 0.05) is 6.54 Å². The molecule has 0 saturated heterocycles. The van der Waals surface area contributed by atoms with Gasteiger partial charge < -0.3 is 11.1 Å². The summed E-state index contributed by atoms with van der Waals surface area (Å²) in [5.74, 6) is -0.384. The van der Waals surface area contributed by atoms with Gasteiger partial charge in [-0.1, -0.05) is 13.0 Å². The van der Waals surface area contributed by atoms with E-state index in [-0.39, 0.29) is 11.7 Å². The number of benzene rings is 1. The molecule has 1 atom stereocenters. The van der Waals surface area contributed by atoms with Gasteiger partial charge in [-0.05, 0) is 49.9 Å². The molecule has 0 aliphatic carbocycles. The second kappa shape index (κ2) is 5.96. The van der Waals surface area contributed by atoms with Gasteiger partial charge in [-0.15, -0.1) is 0 Å². The van der Waals surface area contributed by atoms with Crippen LogP contribution in [-0.2, 0) is 11.2 Å². The van der Waals surface area contributed by atoms with Crippen LogP contribution < -0.4 is 11.1 Å². The fourth-order valence-electron chi connectivity index (χ4n) is 1.61. The molecule has 0 spiro atoms. The number of carbonyl (C=O) groups is 1. The van der Waals surface area contributed by atoms with E-state index in [1.165, 1.54) is 12.1 Å². The summed E-state index contributed by atoms with van der Waals surface area (Å²) in [6.45, 7) is 5.96. The first-order chi connectivity index (χ1) is 8.36. The minimum Gasteiger partial charge on any atom is -0.354 e. The Morgan fingerprint density at radius 3 is 2.72 bits per heavy atom. The van der Waals surface area contributed by atoms with E-state index in [0.717, 1.165) is 11.1 Å². The lowest BCUT2D eigenvalue weighted by Gasteiger charge is -2.21. The first-order valence-corrected chi connectivity index (χ1v) is 6.19. The minimum atomic E-state index is -0.822. The number of halogens is 1. The second-order valence-electron chi connectivity index (χ2n) is 4.85. The van der Waals surface area contributed by atoms with Crippen LogP contribution in [0.5, 0.6) is 0 Å². The molecule has 0 aromatic heterocycles. The zero-order valence-electron chi connectivity index (χ0n) is 11.2. The predicted octanol–water partition coefficient (Wildman–Crippen LogP) is 1.92. The fraction of sp³-hybridized carbons (Fsp3) is 0.500. The number of carbonyl (C=O) groups excluding carboxylic acids is 1. The van der Waals surface area contributed by atoms with E-state index in [4.69, 9.17) is 5.73 Å². The number of amides is 1. The van der Waals surface area contributed by atoms with Crippen molar-refractivity contribution in [1.82, 2.24) is 5.32 Å². The van der Waals surface area contributed by atoms with Crippen molar-refractivity contribution in [2.45, 2.75) is 39.2 Å². The maximum atomic E-state index is 12.9. The highest BCUT2D eigenvalue weighted by Crippen LogP contribution is 2.10. The van der Waals surface area contributed by atoms with Gasteiger partial charge in [-0.2, -0.15) is 0 Å². The first-order valence-electron chi connectivity index (χ1n) is 6.19. The Bertz CT molecular complexity index is 430. The number of rotatable bonds is 5. The third-order valence-electron chi connectivity index (χ3n) is 3.24. The van der Waals surface area contributed by atoms with Gasteiger partial charge in [-0.3, -0.25) is 4.79 Å². The Morgan fingerprint density at radius 1 is 1.50 bits per heavy atom. The molecule has 100 valence electrons. The average molecular weight is 252 g/mol. The van der Waals surface area contributed by atoms with Crippen LogP contribution in [0.2, 0.25) is 0 Å². The molecule has 3 N–H and O–H groups in total. The number of hydrogen-bond donors (Lipinski definition) is 2. The predicted molar refractivity (Wildman–Crippen MR) is 70.7 cm³/mol. The van der Waals surface area contributed by atoms with Gasteiger partial charge in [0.05, 0.1) is 5.54 Å². The third-order valence-corrected chi connectivity index (χ3v) is 3.24. The Hall–Kier alpha value is -1.42. The normalized spacial score (nSPS) is 14.1. The lowest BCUT2D eigenvalue weighted by Crippen LogP contribution is -2.51. The smallest absolute Gasteiger partial charge is 0.239 e. The number of hydrogen-bond acceptors (Lipinski definition) is 2. The van der Waals surface area contributed by atoms with E-state index in [1.807, 2.05) is 13.8 Å². The zero-order chi connectivity index (χ0) is 13.8. The highest BCUT2D eigenvalue weighted by atomic mass is 19.1. The van der Waals surface area contributed by atoms with E-state index in [1.54, 1.807) is 13.0 Å². The SMILES string of the molecule is CCC(C)(N)C(=O)NCCc1ccc(F)cc1C. The highest BCUT2D eigenvalue weighted by molar-refractivity contribution is 5.85. The standard InChI is InChI=1S/C14H21FN2O/c1-4-14(3,16)13(18)17-8-7-11-5-6-12(15)9-10(11)2/h5-6,9H,4,7-8,16H2,1-3H3,(H,17,18). The molecular weight excluding hydrogens is 231 g/mol. The van der Waals surface area contributed by atoms with Crippen molar-refractivity contribution in [3.05, 3.63) is 35.1 Å². The minimum absolute atomic E-state index is 0.148. The van der Waals surface area contributed by atoms with Gasteiger partial charge in [0.2, 0.25) is 5.91 Å². The summed E-state index contributed by atoms with van der Waals surface area (Å²) in [5, 5.41) is 2.81. The molecule has 0 aliphatic rings. The molecule has 0 aliphatic heterocycles. The molecule has 1 rings (SSSR count). The fourth-order valence-corrected chi connectivity index (χ4v) is 1.61. The van der Waals surface area contributed by atoms with E-state index >= 15 is 0 Å². The van der Waals surface area contributed by atoms with Crippen molar-refractivity contribution >= 4 is 5.91 Å². The van der Waals surface area contributed by atoms with Crippen LogP contribution in [0.4, 0.5) is 4.39 Å². The van der Waals surface area contributed by atoms with Crippen LogP contribution in [0.3, 0.4) is 0 Å². The van der Waals surface area contributed by atoms with Gasteiger partial charge in [-0.25, -0.2) is 4.39 Å². The van der Waals surface area contributed by atoms with Crippen molar-refractivity contribution < 1.29 is 9.18 Å². The monoisotopic (exact) mass is 252 g/mol. The van der Waals surface area contributed by atoms with Crippen LogP contribution in [0.15, 0.2) is 18.2 Å². The van der Waals surface area contributed by atoms with Gasteiger partial charge in [0.25, 0.3) is 0 Å². The maximum Gasteiger partial charge on any atom is 0.239 e. The van der Waals surface area contributed by atoms with Crippen LogP contribution >= 0.6 is 0 Å². The third kappa shape index (κ3) is 3.81. The molecule has 0 fully saturated rings. The molecule has 1 unspecified atom stereocenters. The van der Waals surface area contributed by atoms with Gasteiger partial charge in [0.15, 0.2) is 0 Å². The summed E-state index contributed by atoms with van der Waals surface area (Å²) in [4.78, 5) is 11.7. The molecule has 1 amide bonds. The molecule has 3 nitrogen and oxygen atoms in total. The van der Waals surface area contributed by atoms with Crippen molar-refractivity contribution in [2.24, 2.45) is 5.73 Å². The molecule has 0 radical (unpaired) electrons. The molecule has 1 aromatic carbocycles. The molecule has 18 heavy (non-hydrogen) atoms. The van der Waals surface area contributed by atoms with Crippen molar-refractivity contribution in [3.63, 3.8) is 0 Å². The van der Waals surface area contributed by atoms with Crippen LogP contribution in [0, 0.1) is 12.7 Å². The second-order valence-corrected chi connectivity index (χ2v) is 4.85. The maximum absolute atomic E-state index is 12.9. The lowest BCUT2D eigenvalue weighted by molar-refractivity contribution is -0.125. The first kappa shape index (κ1) is 14.6. The molecule has 0 heterocycles. The number of nitrogens with one attached hydrogen (secondary N) is 1. The lowest BCUT2D eigenvalue weighted by atomic mass is 9.99. The van der Waals surface area contributed by atoms with E-state index < -0.39 is 5.54 Å². The summed E-state index contributed by atoms with van der Waals surface area (Å²) < 4.78 is 12.9. The molecule has 4 heteroatoms. The number of aryl methyl sites for hydroxylation is 1. The van der Waals surface area contributed by atoms with Crippen molar-refractivity contribution in [1.29, 1.82) is 0 Å². The largest absolute Gasteiger partial charge is 0.354 e. The topological polar surface area (TPSA) is 55.1 Å². The highest BCUT2D eigenvalue weighted by Gasteiger charge is 2.25. The Morgan fingerprint density at radius 2 is 2.17 bits per heavy atom. The van der Waals surface area contributed by atoms with Crippen LogP contribution in [-0.4, -0.2) is 18.0 Å². The number of nitrogens with two attached hydrogens (primary N) is 1. The Labute approximate surface area is 108 Å². The summed E-state index contributed by atoms with van der Waals surface area (Å²) in [6.07, 6.45) is 1.27. The summed E-state index contributed by atoms with van der Waals surface area (Å²) >= 11 is 0. The van der Waals surface area contributed by atoms with E-state index in [0.29, 0.717) is 19.4 Å². The molecule has 0 saturated carbocycles. The van der Waals surface area contributed by atoms with Crippen molar-refractivity contribution in [3.8, 4) is 0 Å². The zero-order valence-corrected chi connectivity index (χ0v) is 11.2. The molecule has 1 aromatic rings. The van der Waals surface area contributed by atoms with E-state index in [2.05, 4.69) is 5.32 Å². The Balaban J connectivity index is 2.50. The molecule has 0 bridgehead atoms. The van der Waals surface area contributed by atoms with Gasteiger partial charge in [0.1, 0.15) is 5.82 Å². The van der Waals surface area contributed by atoms with Gasteiger partial charge >= 0.3 is 0 Å². The summed E-state index contributed by atoms with van der Waals surface area (Å²) in [5.41, 5.74) is 6.94. The van der Waals surface area contributed by atoms with Crippen molar-refractivity contribution in [2.75, 3.05) is 6.54 Å². The van der Waals surface area contributed by atoms with Crippen LogP contribution in [0.1, 0.15) is 31.4 Å². The van der Waals surface area contributed by atoms with Crippen LogP contribution in [0.25, 0.3) is 0 Å². The quantitative estimate of drug-likeness (QED) is 0.841.